The molecular formula is C15H18ClNO4S. The number of nitrogens with one attached hydrogen (secondary N) is 1. The first kappa shape index (κ1) is 16.8. The molecule has 1 amide bonds. The first-order valence-electron chi connectivity index (χ1n) is 6.89. The summed E-state index contributed by atoms with van der Waals surface area (Å²) in [4.78, 5) is 11.8. The molecule has 0 radical (unpaired) electrons. The van der Waals surface area contributed by atoms with Crippen LogP contribution in [0.5, 0.6) is 5.75 Å². The molecule has 5 nitrogen and oxygen atoms in total. The predicted octanol–water partition coefficient (Wildman–Crippen LogP) is 1.91. The van der Waals surface area contributed by atoms with Crippen LogP contribution in [-0.2, 0) is 14.6 Å². The molecule has 22 heavy (non-hydrogen) atoms. The van der Waals surface area contributed by atoms with Gasteiger partial charge in [0.1, 0.15) is 5.75 Å². The number of rotatable bonds is 5. The molecule has 2 rings (SSSR count). The van der Waals surface area contributed by atoms with E-state index in [0.29, 0.717) is 29.3 Å². The molecule has 1 heterocycles. The molecule has 1 atom stereocenters. The molecule has 1 fully saturated rings. The van der Waals surface area contributed by atoms with E-state index in [1.54, 1.807) is 31.4 Å². The number of hydrogen-bond donors (Lipinski definition) is 1. The minimum Gasteiger partial charge on any atom is -0.496 e. The lowest BCUT2D eigenvalue weighted by Gasteiger charge is -2.08. The maximum Gasteiger partial charge on any atom is 0.244 e. The molecule has 1 aromatic carbocycles. The van der Waals surface area contributed by atoms with Crippen LogP contribution in [0.1, 0.15) is 12.0 Å². The molecule has 0 aromatic heterocycles. The van der Waals surface area contributed by atoms with Crippen LogP contribution in [0.2, 0.25) is 5.02 Å². The Kier molecular flexibility index (Phi) is 5.47. The summed E-state index contributed by atoms with van der Waals surface area (Å²) in [5.41, 5.74) is 0.702. The number of amides is 1. The molecule has 1 aliphatic heterocycles. The maximum absolute atomic E-state index is 11.8. The van der Waals surface area contributed by atoms with Gasteiger partial charge in [-0.25, -0.2) is 8.42 Å². The summed E-state index contributed by atoms with van der Waals surface area (Å²) in [6.07, 6.45) is 3.61. The highest BCUT2D eigenvalue weighted by molar-refractivity contribution is 7.91. The van der Waals surface area contributed by atoms with Crippen molar-refractivity contribution in [1.29, 1.82) is 0 Å². The van der Waals surface area contributed by atoms with Gasteiger partial charge in [0.25, 0.3) is 0 Å². The molecule has 1 aliphatic rings. The van der Waals surface area contributed by atoms with E-state index in [-0.39, 0.29) is 23.3 Å². The van der Waals surface area contributed by atoms with Crippen molar-refractivity contribution in [3.8, 4) is 5.75 Å². The van der Waals surface area contributed by atoms with Gasteiger partial charge in [0, 0.05) is 23.2 Å². The lowest BCUT2D eigenvalue weighted by molar-refractivity contribution is -0.116. The third kappa shape index (κ3) is 4.74. The van der Waals surface area contributed by atoms with Crippen LogP contribution >= 0.6 is 11.6 Å². The number of carbonyl (C=O) groups is 1. The first-order valence-corrected chi connectivity index (χ1v) is 9.09. The molecule has 0 spiro atoms. The van der Waals surface area contributed by atoms with Crippen molar-refractivity contribution < 1.29 is 17.9 Å². The fourth-order valence-corrected chi connectivity index (χ4v) is 4.38. The van der Waals surface area contributed by atoms with Gasteiger partial charge < -0.3 is 10.1 Å². The average molecular weight is 344 g/mol. The molecule has 0 bridgehead atoms. The van der Waals surface area contributed by atoms with Crippen LogP contribution in [0.3, 0.4) is 0 Å². The van der Waals surface area contributed by atoms with Crippen molar-refractivity contribution in [2.45, 2.75) is 6.42 Å². The zero-order chi connectivity index (χ0) is 16.2. The third-order valence-electron chi connectivity index (χ3n) is 3.50. The number of sulfone groups is 1. The van der Waals surface area contributed by atoms with Crippen molar-refractivity contribution in [1.82, 2.24) is 5.32 Å². The second kappa shape index (κ2) is 7.15. The SMILES string of the molecule is COc1ccc(Cl)cc1C=CC(=O)NCC1CCS(=O)(=O)C1. The van der Waals surface area contributed by atoms with E-state index in [1.165, 1.54) is 6.08 Å². The van der Waals surface area contributed by atoms with Gasteiger partial charge in [0.2, 0.25) is 5.91 Å². The quantitative estimate of drug-likeness (QED) is 0.829. The summed E-state index contributed by atoms with van der Waals surface area (Å²) in [6.45, 7) is 0.370. The summed E-state index contributed by atoms with van der Waals surface area (Å²) in [5.74, 6) is 0.715. The van der Waals surface area contributed by atoms with Gasteiger partial charge in [0.05, 0.1) is 18.6 Å². The second-order valence-electron chi connectivity index (χ2n) is 5.23. The standard InChI is InChI=1S/C15H18ClNO4S/c1-21-14-4-3-13(16)8-12(14)2-5-15(18)17-9-11-6-7-22(19,20)10-11/h2-5,8,11H,6-7,9-10H2,1H3,(H,17,18). The Morgan fingerprint density at radius 3 is 2.91 bits per heavy atom. The Balaban J connectivity index is 1.91. The minimum absolute atomic E-state index is 0.00283. The van der Waals surface area contributed by atoms with Crippen molar-refractivity contribution >= 4 is 33.4 Å². The van der Waals surface area contributed by atoms with Gasteiger partial charge in [-0.15, -0.1) is 0 Å². The Morgan fingerprint density at radius 1 is 1.50 bits per heavy atom. The van der Waals surface area contributed by atoms with E-state index in [4.69, 9.17) is 16.3 Å². The first-order chi connectivity index (χ1) is 10.4. The Morgan fingerprint density at radius 2 is 2.27 bits per heavy atom. The van der Waals surface area contributed by atoms with E-state index < -0.39 is 9.84 Å². The highest BCUT2D eigenvalue weighted by atomic mass is 35.5. The minimum atomic E-state index is -2.91. The predicted molar refractivity (Wildman–Crippen MR) is 86.8 cm³/mol. The topological polar surface area (TPSA) is 72.5 Å². The summed E-state index contributed by atoms with van der Waals surface area (Å²) in [5, 5.41) is 3.27. The van der Waals surface area contributed by atoms with Crippen molar-refractivity contribution in [3.63, 3.8) is 0 Å². The van der Waals surface area contributed by atoms with Gasteiger partial charge in [0.15, 0.2) is 9.84 Å². The van der Waals surface area contributed by atoms with E-state index in [2.05, 4.69) is 5.32 Å². The molecule has 0 aliphatic carbocycles. The van der Waals surface area contributed by atoms with E-state index >= 15 is 0 Å². The fourth-order valence-electron chi connectivity index (χ4n) is 2.34. The Labute approximate surface area is 135 Å². The zero-order valence-corrected chi connectivity index (χ0v) is 13.8. The number of methoxy groups -OCH3 is 1. The van der Waals surface area contributed by atoms with Gasteiger partial charge in [-0.2, -0.15) is 0 Å². The van der Waals surface area contributed by atoms with Gasteiger partial charge >= 0.3 is 0 Å². The lowest BCUT2D eigenvalue weighted by atomic mass is 10.1. The summed E-state index contributed by atoms with van der Waals surface area (Å²) in [7, 11) is -1.37. The van der Waals surface area contributed by atoms with Crippen molar-refractivity contribution in [2.75, 3.05) is 25.2 Å². The zero-order valence-electron chi connectivity index (χ0n) is 12.2. The number of benzene rings is 1. The molecule has 7 heteroatoms. The summed E-state index contributed by atoms with van der Waals surface area (Å²) >= 11 is 5.92. The van der Waals surface area contributed by atoms with Crippen LogP contribution in [-0.4, -0.2) is 39.5 Å². The van der Waals surface area contributed by atoms with E-state index in [0.717, 1.165) is 0 Å². The molecule has 0 saturated carbocycles. The highest BCUT2D eigenvalue weighted by Crippen LogP contribution is 2.23. The van der Waals surface area contributed by atoms with E-state index in [9.17, 15) is 13.2 Å². The Bertz CT molecular complexity index is 685. The molecule has 120 valence electrons. The smallest absolute Gasteiger partial charge is 0.244 e. The van der Waals surface area contributed by atoms with Crippen LogP contribution in [0, 0.1) is 5.92 Å². The highest BCUT2D eigenvalue weighted by Gasteiger charge is 2.27. The second-order valence-corrected chi connectivity index (χ2v) is 7.90. The van der Waals surface area contributed by atoms with Gasteiger partial charge in [-0.3, -0.25) is 4.79 Å². The van der Waals surface area contributed by atoms with E-state index in [1.807, 2.05) is 0 Å². The molecule has 1 aromatic rings. The van der Waals surface area contributed by atoms with Crippen molar-refractivity contribution in [3.05, 3.63) is 34.9 Å². The molecule has 1 saturated heterocycles. The monoisotopic (exact) mass is 343 g/mol. The number of hydrogen-bond acceptors (Lipinski definition) is 4. The van der Waals surface area contributed by atoms with Crippen LogP contribution in [0.15, 0.2) is 24.3 Å². The van der Waals surface area contributed by atoms with Crippen LogP contribution in [0.4, 0.5) is 0 Å². The van der Waals surface area contributed by atoms with Crippen molar-refractivity contribution in [2.24, 2.45) is 5.92 Å². The van der Waals surface area contributed by atoms with Gasteiger partial charge in [-0.05, 0) is 36.6 Å². The third-order valence-corrected chi connectivity index (χ3v) is 5.57. The van der Waals surface area contributed by atoms with Crippen LogP contribution in [0.25, 0.3) is 6.08 Å². The lowest BCUT2D eigenvalue weighted by Crippen LogP contribution is -2.28. The number of ether oxygens (including phenoxy) is 1. The van der Waals surface area contributed by atoms with Crippen LogP contribution < -0.4 is 10.1 Å². The summed E-state index contributed by atoms with van der Waals surface area (Å²) in [6, 6.07) is 5.13. The normalized spacial score (nSPS) is 20.2. The number of halogens is 1. The summed E-state index contributed by atoms with van der Waals surface area (Å²) < 4.78 is 27.9. The Hall–Kier alpha value is -1.53. The number of carbonyl (C=O) groups excluding carboxylic acids is 1. The maximum atomic E-state index is 11.8. The van der Waals surface area contributed by atoms with Gasteiger partial charge in [-0.1, -0.05) is 11.6 Å². The fraction of sp³-hybridized carbons (Fsp3) is 0.400. The molecule has 1 N–H and O–H groups in total. The molecule has 1 unspecified atom stereocenters. The largest absolute Gasteiger partial charge is 0.496 e. The average Bonchev–Trinajstić information content (AvgIpc) is 2.82. The molecular weight excluding hydrogens is 326 g/mol.